The Morgan fingerprint density at radius 1 is 1.52 bits per heavy atom. The summed E-state index contributed by atoms with van der Waals surface area (Å²) in [5.41, 5.74) is 5.99. The Morgan fingerprint density at radius 3 is 2.67 bits per heavy atom. The van der Waals surface area contributed by atoms with Gasteiger partial charge in [-0.05, 0) is 31.5 Å². The number of halogens is 1. The van der Waals surface area contributed by atoms with Gasteiger partial charge in [-0.3, -0.25) is 0 Å². The molecule has 1 aliphatic heterocycles. The summed E-state index contributed by atoms with van der Waals surface area (Å²) in [6.45, 7) is 2.43. The van der Waals surface area contributed by atoms with Crippen LogP contribution < -0.4 is 5.73 Å². The van der Waals surface area contributed by atoms with Crippen molar-refractivity contribution in [3.8, 4) is 0 Å². The second-order valence-corrected chi connectivity index (χ2v) is 7.80. The molecule has 1 saturated heterocycles. The van der Waals surface area contributed by atoms with Gasteiger partial charge in [0.05, 0.1) is 22.1 Å². The molecule has 0 aliphatic carbocycles. The molecular weight excluding hydrogens is 332 g/mol. The third kappa shape index (κ3) is 3.22. The van der Waals surface area contributed by atoms with Gasteiger partial charge >= 0.3 is 0 Å². The summed E-state index contributed by atoms with van der Waals surface area (Å²) in [7, 11) is -2.08. The van der Waals surface area contributed by atoms with E-state index in [2.05, 4.69) is 0 Å². The van der Waals surface area contributed by atoms with Crippen LogP contribution in [0.4, 0.5) is 0 Å². The van der Waals surface area contributed by atoms with Crippen LogP contribution in [0.5, 0.6) is 0 Å². The number of hydrogen-bond acceptors (Lipinski definition) is 4. The van der Waals surface area contributed by atoms with Crippen molar-refractivity contribution in [2.24, 2.45) is 5.73 Å². The molecule has 1 aromatic carbocycles. The first-order valence-electron chi connectivity index (χ1n) is 6.44. The lowest BCUT2D eigenvalue weighted by atomic mass is 10.2. The SMILES string of the molecule is CC1OCCC1N(C)S(=O)(=O)c1ccc(C(N)=S)c(Cl)c1. The van der Waals surface area contributed by atoms with Crippen molar-refractivity contribution in [3.63, 3.8) is 0 Å². The zero-order valence-electron chi connectivity index (χ0n) is 11.7. The average molecular weight is 349 g/mol. The summed E-state index contributed by atoms with van der Waals surface area (Å²) in [5.74, 6) is 0. The van der Waals surface area contributed by atoms with Crippen molar-refractivity contribution < 1.29 is 13.2 Å². The third-order valence-electron chi connectivity index (χ3n) is 3.69. The first kappa shape index (κ1) is 16.6. The highest BCUT2D eigenvalue weighted by atomic mass is 35.5. The molecule has 1 fully saturated rings. The summed E-state index contributed by atoms with van der Waals surface area (Å²) in [6.07, 6.45) is 0.548. The van der Waals surface area contributed by atoms with Crippen LogP contribution in [0.2, 0.25) is 5.02 Å². The minimum atomic E-state index is -3.64. The summed E-state index contributed by atoms with van der Waals surface area (Å²) in [6, 6.07) is 4.19. The molecule has 5 nitrogen and oxygen atoms in total. The third-order valence-corrected chi connectivity index (χ3v) is 6.10. The van der Waals surface area contributed by atoms with Crippen molar-refractivity contribution in [2.45, 2.75) is 30.4 Å². The fourth-order valence-corrected chi connectivity index (χ4v) is 4.45. The first-order valence-corrected chi connectivity index (χ1v) is 8.66. The van der Waals surface area contributed by atoms with Crippen LogP contribution in [-0.2, 0) is 14.8 Å². The Hall–Kier alpha value is -0.730. The number of hydrogen-bond donors (Lipinski definition) is 1. The molecule has 0 amide bonds. The zero-order chi connectivity index (χ0) is 15.8. The van der Waals surface area contributed by atoms with Gasteiger partial charge in [0, 0.05) is 19.2 Å². The van der Waals surface area contributed by atoms with Crippen LogP contribution >= 0.6 is 23.8 Å². The normalized spacial score (nSPS) is 22.7. The van der Waals surface area contributed by atoms with Gasteiger partial charge in [-0.2, -0.15) is 4.31 Å². The fraction of sp³-hybridized carbons (Fsp3) is 0.462. The van der Waals surface area contributed by atoms with E-state index in [1.807, 2.05) is 6.92 Å². The molecule has 0 radical (unpaired) electrons. The van der Waals surface area contributed by atoms with E-state index < -0.39 is 10.0 Å². The minimum absolute atomic E-state index is 0.120. The van der Waals surface area contributed by atoms with Crippen LogP contribution in [0.15, 0.2) is 23.1 Å². The Morgan fingerprint density at radius 2 is 2.19 bits per heavy atom. The number of nitrogens with two attached hydrogens (primary N) is 1. The topological polar surface area (TPSA) is 72.6 Å². The minimum Gasteiger partial charge on any atom is -0.389 e. The standard InChI is InChI=1S/C13H17ClN2O3S2/c1-8-12(5-6-19-8)16(2)21(17,18)9-3-4-10(13(15)20)11(14)7-9/h3-4,7-8,12H,5-6H2,1-2H3,(H2,15,20). The molecule has 2 N–H and O–H groups in total. The monoisotopic (exact) mass is 348 g/mol. The number of benzene rings is 1. The van der Waals surface area contributed by atoms with E-state index >= 15 is 0 Å². The molecule has 116 valence electrons. The predicted molar refractivity (Wildman–Crippen MR) is 86.1 cm³/mol. The second-order valence-electron chi connectivity index (χ2n) is 4.96. The lowest BCUT2D eigenvalue weighted by molar-refractivity contribution is 0.102. The number of rotatable bonds is 4. The fourth-order valence-electron chi connectivity index (χ4n) is 2.40. The van der Waals surface area contributed by atoms with Crippen LogP contribution in [0.25, 0.3) is 0 Å². The highest BCUT2D eigenvalue weighted by Crippen LogP contribution is 2.27. The van der Waals surface area contributed by atoms with Gasteiger partial charge in [-0.15, -0.1) is 0 Å². The zero-order valence-corrected chi connectivity index (χ0v) is 14.1. The second kappa shape index (κ2) is 6.18. The molecule has 2 unspecified atom stereocenters. The molecule has 1 heterocycles. The van der Waals surface area contributed by atoms with Gasteiger partial charge in [-0.25, -0.2) is 8.42 Å². The maximum absolute atomic E-state index is 12.6. The number of likely N-dealkylation sites (N-methyl/N-ethyl adjacent to an activating group) is 1. The number of sulfonamides is 1. The van der Waals surface area contributed by atoms with E-state index in [0.29, 0.717) is 18.6 Å². The number of nitrogens with zero attached hydrogens (tertiary/aromatic N) is 1. The summed E-state index contributed by atoms with van der Waals surface area (Å²) < 4.78 is 32.1. The largest absolute Gasteiger partial charge is 0.389 e. The molecule has 2 rings (SSSR count). The maximum atomic E-state index is 12.6. The van der Waals surface area contributed by atoms with Crippen LogP contribution in [-0.4, -0.2) is 43.5 Å². The molecule has 1 aromatic rings. The molecule has 1 aliphatic rings. The summed E-state index contributed by atoms with van der Waals surface area (Å²) in [5, 5.41) is 0.229. The van der Waals surface area contributed by atoms with Crippen molar-refractivity contribution >= 4 is 38.8 Å². The van der Waals surface area contributed by atoms with Gasteiger partial charge in [-0.1, -0.05) is 23.8 Å². The van der Waals surface area contributed by atoms with E-state index in [4.69, 9.17) is 34.3 Å². The Balaban J connectivity index is 2.35. The van der Waals surface area contributed by atoms with Gasteiger partial charge < -0.3 is 10.5 Å². The molecule has 0 aromatic heterocycles. The van der Waals surface area contributed by atoms with Crippen molar-refractivity contribution in [1.82, 2.24) is 4.31 Å². The highest BCUT2D eigenvalue weighted by molar-refractivity contribution is 7.89. The van der Waals surface area contributed by atoms with Crippen molar-refractivity contribution in [3.05, 3.63) is 28.8 Å². The van der Waals surface area contributed by atoms with Crippen LogP contribution in [0, 0.1) is 0 Å². The van der Waals surface area contributed by atoms with Crippen LogP contribution in [0.3, 0.4) is 0 Å². The van der Waals surface area contributed by atoms with Crippen molar-refractivity contribution in [1.29, 1.82) is 0 Å². The number of ether oxygens (including phenoxy) is 1. The van der Waals surface area contributed by atoms with E-state index in [1.54, 1.807) is 7.05 Å². The van der Waals surface area contributed by atoms with Gasteiger partial charge in [0.1, 0.15) is 4.99 Å². The van der Waals surface area contributed by atoms with Crippen LogP contribution in [0.1, 0.15) is 18.9 Å². The van der Waals surface area contributed by atoms with Gasteiger partial charge in [0.2, 0.25) is 10.0 Å². The lowest BCUT2D eigenvalue weighted by Crippen LogP contribution is -2.40. The molecular formula is C13H17ClN2O3S2. The average Bonchev–Trinajstić information content (AvgIpc) is 2.83. The quantitative estimate of drug-likeness (QED) is 0.839. The summed E-state index contributed by atoms with van der Waals surface area (Å²) >= 11 is 10.9. The predicted octanol–water partition coefficient (Wildman–Crippen LogP) is 1.77. The van der Waals surface area contributed by atoms with E-state index in [1.165, 1.54) is 22.5 Å². The Labute approximate surface area is 135 Å². The van der Waals surface area contributed by atoms with Gasteiger partial charge in [0.15, 0.2) is 0 Å². The van der Waals surface area contributed by atoms with Crippen molar-refractivity contribution in [2.75, 3.05) is 13.7 Å². The molecule has 2 atom stereocenters. The highest BCUT2D eigenvalue weighted by Gasteiger charge is 2.35. The molecule has 0 saturated carbocycles. The van der Waals surface area contributed by atoms with Gasteiger partial charge in [0.25, 0.3) is 0 Å². The van der Waals surface area contributed by atoms with E-state index in [0.717, 1.165) is 0 Å². The smallest absolute Gasteiger partial charge is 0.243 e. The number of thiocarbonyl (C=S) groups is 1. The van der Waals surface area contributed by atoms with E-state index in [-0.39, 0.29) is 27.1 Å². The Kier molecular flexibility index (Phi) is 4.89. The summed E-state index contributed by atoms with van der Waals surface area (Å²) in [4.78, 5) is 0.254. The maximum Gasteiger partial charge on any atom is 0.243 e. The molecule has 0 bridgehead atoms. The molecule has 0 spiro atoms. The van der Waals surface area contributed by atoms with E-state index in [9.17, 15) is 8.42 Å². The lowest BCUT2D eigenvalue weighted by Gasteiger charge is -2.26. The first-order chi connectivity index (χ1) is 9.75. The molecule has 21 heavy (non-hydrogen) atoms. The molecule has 8 heteroatoms. The Bertz CT molecular complexity index is 663.